The summed E-state index contributed by atoms with van der Waals surface area (Å²) in [6.07, 6.45) is 3.33. The van der Waals surface area contributed by atoms with E-state index in [-0.39, 0.29) is 5.82 Å². The van der Waals surface area contributed by atoms with Crippen LogP contribution in [0.15, 0.2) is 35.4 Å². The Morgan fingerprint density at radius 2 is 2.27 bits per heavy atom. The number of hydrogen-bond donors (Lipinski definition) is 1. The van der Waals surface area contributed by atoms with E-state index in [1.54, 1.807) is 18.3 Å². The number of nitrogens with one attached hydrogen (secondary N) is 1. The van der Waals surface area contributed by atoms with Crippen molar-refractivity contribution in [3.8, 4) is 11.3 Å². The Morgan fingerprint density at radius 1 is 1.47 bits per heavy atom. The SMILES string of the molecule is C=Cc1cn[nH]c1-c1ccc(Br)c(F)c1. The van der Waals surface area contributed by atoms with Crippen LogP contribution in [0.3, 0.4) is 0 Å². The molecule has 0 bridgehead atoms. The summed E-state index contributed by atoms with van der Waals surface area (Å²) in [5.74, 6) is -0.294. The highest BCUT2D eigenvalue weighted by Gasteiger charge is 2.07. The van der Waals surface area contributed by atoms with Crippen molar-refractivity contribution in [1.29, 1.82) is 0 Å². The number of H-pyrrole nitrogens is 1. The monoisotopic (exact) mass is 266 g/mol. The summed E-state index contributed by atoms with van der Waals surface area (Å²) in [5, 5.41) is 6.71. The molecule has 0 fully saturated rings. The summed E-state index contributed by atoms with van der Waals surface area (Å²) in [5.41, 5.74) is 2.39. The highest BCUT2D eigenvalue weighted by atomic mass is 79.9. The molecule has 0 aliphatic rings. The molecule has 1 heterocycles. The van der Waals surface area contributed by atoms with Crippen molar-refractivity contribution in [2.24, 2.45) is 0 Å². The summed E-state index contributed by atoms with van der Waals surface area (Å²) >= 11 is 3.11. The molecule has 2 aromatic rings. The van der Waals surface area contributed by atoms with E-state index in [2.05, 4.69) is 32.7 Å². The smallest absolute Gasteiger partial charge is 0.138 e. The molecule has 0 aliphatic carbocycles. The Bertz CT molecular complexity index is 505. The van der Waals surface area contributed by atoms with Crippen LogP contribution in [0.1, 0.15) is 5.56 Å². The number of nitrogens with zero attached hydrogens (tertiary/aromatic N) is 1. The van der Waals surface area contributed by atoms with Crippen molar-refractivity contribution < 1.29 is 4.39 Å². The van der Waals surface area contributed by atoms with Crippen LogP contribution in [0.2, 0.25) is 0 Å². The average Bonchev–Trinajstić information content (AvgIpc) is 2.70. The molecule has 15 heavy (non-hydrogen) atoms. The Morgan fingerprint density at radius 3 is 2.93 bits per heavy atom. The first kappa shape index (κ1) is 10.1. The molecule has 0 unspecified atom stereocenters. The quantitative estimate of drug-likeness (QED) is 0.884. The van der Waals surface area contributed by atoms with Gasteiger partial charge in [0.2, 0.25) is 0 Å². The fraction of sp³-hybridized carbons (Fsp3) is 0. The number of hydrogen-bond acceptors (Lipinski definition) is 1. The van der Waals surface area contributed by atoms with E-state index in [9.17, 15) is 4.39 Å². The van der Waals surface area contributed by atoms with E-state index < -0.39 is 0 Å². The predicted molar refractivity (Wildman–Crippen MR) is 61.8 cm³/mol. The maximum atomic E-state index is 13.3. The molecule has 0 saturated heterocycles. The maximum Gasteiger partial charge on any atom is 0.138 e. The minimum atomic E-state index is -0.294. The Balaban J connectivity index is 2.54. The fourth-order valence-electron chi connectivity index (χ4n) is 1.33. The van der Waals surface area contributed by atoms with Gasteiger partial charge in [-0.15, -0.1) is 0 Å². The fourth-order valence-corrected chi connectivity index (χ4v) is 1.58. The number of benzene rings is 1. The van der Waals surface area contributed by atoms with E-state index >= 15 is 0 Å². The molecule has 1 N–H and O–H groups in total. The van der Waals surface area contributed by atoms with E-state index in [0.717, 1.165) is 16.8 Å². The van der Waals surface area contributed by atoms with Crippen LogP contribution in [0.5, 0.6) is 0 Å². The molecular formula is C11H8BrFN2. The summed E-state index contributed by atoms with van der Waals surface area (Å²) in [6, 6.07) is 4.93. The van der Waals surface area contributed by atoms with Crippen LogP contribution in [0.4, 0.5) is 4.39 Å². The molecule has 0 aliphatic heterocycles. The van der Waals surface area contributed by atoms with E-state index in [4.69, 9.17) is 0 Å². The van der Waals surface area contributed by atoms with Gasteiger partial charge in [-0.25, -0.2) is 4.39 Å². The normalized spacial score (nSPS) is 10.3. The van der Waals surface area contributed by atoms with Gasteiger partial charge in [0.25, 0.3) is 0 Å². The standard InChI is InChI=1S/C11H8BrFN2/c1-2-7-6-14-15-11(7)8-3-4-9(12)10(13)5-8/h2-6H,1H2,(H,14,15). The van der Waals surface area contributed by atoms with Gasteiger partial charge < -0.3 is 0 Å². The van der Waals surface area contributed by atoms with E-state index in [1.165, 1.54) is 6.07 Å². The number of aromatic nitrogens is 2. The van der Waals surface area contributed by atoms with Crippen LogP contribution in [0, 0.1) is 5.82 Å². The summed E-state index contributed by atoms with van der Waals surface area (Å²) in [7, 11) is 0. The van der Waals surface area contributed by atoms with Crippen LogP contribution < -0.4 is 0 Å². The highest BCUT2D eigenvalue weighted by Crippen LogP contribution is 2.25. The molecule has 0 spiro atoms. The molecular weight excluding hydrogens is 259 g/mol. The lowest BCUT2D eigenvalue weighted by Crippen LogP contribution is -1.84. The third kappa shape index (κ3) is 1.85. The van der Waals surface area contributed by atoms with Gasteiger partial charge >= 0.3 is 0 Å². The van der Waals surface area contributed by atoms with E-state index in [1.807, 2.05) is 6.07 Å². The second-order valence-corrected chi connectivity index (χ2v) is 3.89. The first-order valence-corrected chi connectivity index (χ1v) is 5.13. The first-order chi connectivity index (χ1) is 7.22. The minimum Gasteiger partial charge on any atom is -0.277 e. The van der Waals surface area contributed by atoms with Crippen molar-refractivity contribution in [3.63, 3.8) is 0 Å². The third-order valence-corrected chi connectivity index (χ3v) is 2.74. The number of halogens is 2. The molecule has 2 rings (SSSR count). The van der Waals surface area contributed by atoms with Crippen LogP contribution >= 0.6 is 15.9 Å². The largest absolute Gasteiger partial charge is 0.277 e. The van der Waals surface area contributed by atoms with Crippen LogP contribution in [-0.4, -0.2) is 10.2 Å². The molecule has 0 amide bonds. The Kier molecular flexibility index (Phi) is 2.68. The van der Waals surface area contributed by atoms with Crippen LogP contribution in [0.25, 0.3) is 17.3 Å². The van der Waals surface area contributed by atoms with Crippen molar-refractivity contribution in [2.75, 3.05) is 0 Å². The average molecular weight is 267 g/mol. The molecule has 0 radical (unpaired) electrons. The first-order valence-electron chi connectivity index (χ1n) is 4.33. The Hall–Kier alpha value is -1.42. The zero-order valence-corrected chi connectivity index (χ0v) is 9.38. The third-order valence-electron chi connectivity index (χ3n) is 2.10. The Labute approximate surface area is 95.0 Å². The number of aromatic amines is 1. The zero-order chi connectivity index (χ0) is 10.8. The highest BCUT2D eigenvalue weighted by molar-refractivity contribution is 9.10. The topological polar surface area (TPSA) is 28.7 Å². The molecule has 0 atom stereocenters. The van der Waals surface area contributed by atoms with Crippen LogP contribution in [-0.2, 0) is 0 Å². The lowest BCUT2D eigenvalue weighted by atomic mass is 10.1. The predicted octanol–water partition coefficient (Wildman–Crippen LogP) is 3.62. The van der Waals surface area contributed by atoms with Crippen molar-refractivity contribution in [3.05, 3.63) is 46.8 Å². The van der Waals surface area contributed by atoms with E-state index in [0.29, 0.717) is 4.47 Å². The van der Waals surface area contributed by atoms with Gasteiger partial charge in [0, 0.05) is 11.1 Å². The summed E-state index contributed by atoms with van der Waals surface area (Å²) < 4.78 is 13.7. The van der Waals surface area contributed by atoms with Gasteiger partial charge in [-0.2, -0.15) is 5.10 Å². The number of rotatable bonds is 2. The molecule has 76 valence electrons. The van der Waals surface area contributed by atoms with Gasteiger partial charge in [-0.05, 0) is 28.1 Å². The van der Waals surface area contributed by atoms with Crippen molar-refractivity contribution in [2.45, 2.75) is 0 Å². The maximum absolute atomic E-state index is 13.3. The van der Waals surface area contributed by atoms with Gasteiger partial charge in [0.05, 0.1) is 16.4 Å². The molecule has 0 saturated carbocycles. The van der Waals surface area contributed by atoms with Gasteiger partial charge in [-0.3, -0.25) is 5.10 Å². The summed E-state index contributed by atoms with van der Waals surface area (Å²) in [4.78, 5) is 0. The second-order valence-electron chi connectivity index (χ2n) is 3.03. The second kappa shape index (κ2) is 3.98. The molecule has 2 nitrogen and oxygen atoms in total. The molecule has 4 heteroatoms. The molecule has 1 aromatic heterocycles. The zero-order valence-electron chi connectivity index (χ0n) is 7.80. The van der Waals surface area contributed by atoms with Gasteiger partial charge in [0.1, 0.15) is 5.82 Å². The van der Waals surface area contributed by atoms with Crippen molar-refractivity contribution >= 4 is 22.0 Å². The molecule has 1 aromatic carbocycles. The van der Waals surface area contributed by atoms with Crippen molar-refractivity contribution in [1.82, 2.24) is 10.2 Å². The van der Waals surface area contributed by atoms with Gasteiger partial charge in [-0.1, -0.05) is 18.7 Å². The lowest BCUT2D eigenvalue weighted by molar-refractivity contribution is 0.621. The lowest BCUT2D eigenvalue weighted by Gasteiger charge is -2.01. The minimum absolute atomic E-state index is 0.294. The van der Waals surface area contributed by atoms with Gasteiger partial charge in [0.15, 0.2) is 0 Å². The summed E-state index contributed by atoms with van der Waals surface area (Å²) in [6.45, 7) is 3.67.